The molecule has 0 radical (unpaired) electrons. The van der Waals surface area contributed by atoms with Crippen molar-refractivity contribution < 1.29 is 4.79 Å². The van der Waals surface area contributed by atoms with Crippen LogP contribution in [0.4, 0.5) is 0 Å². The second-order valence-corrected chi connectivity index (χ2v) is 8.53. The minimum atomic E-state index is 0.204. The molecule has 1 amide bonds. The molecule has 0 aliphatic carbocycles. The monoisotopic (exact) mass is 379 g/mol. The zero-order valence-electron chi connectivity index (χ0n) is 17.1. The van der Waals surface area contributed by atoms with Crippen LogP contribution >= 0.6 is 0 Å². The van der Waals surface area contributed by atoms with Crippen molar-refractivity contribution in [3.05, 3.63) is 59.4 Å². The molecule has 4 heteroatoms. The molecule has 28 heavy (non-hydrogen) atoms. The van der Waals surface area contributed by atoms with Gasteiger partial charge in [0.15, 0.2) is 0 Å². The number of hydrogen-bond donors (Lipinski definition) is 0. The maximum atomic E-state index is 12.8. The van der Waals surface area contributed by atoms with Gasteiger partial charge in [-0.2, -0.15) is 0 Å². The first kappa shape index (κ1) is 19.3. The van der Waals surface area contributed by atoms with Gasteiger partial charge in [0.1, 0.15) is 5.69 Å². The molecule has 2 fully saturated rings. The van der Waals surface area contributed by atoms with E-state index >= 15 is 0 Å². The van der Waals surface area contributed by atoms with Gasteiger partial charge in [-0.25, -0.2) is 0 Å². The van der Waals surface area contributed by atoms with Crippen LogP contribution in [0.5, 0.6) is 0 Å². The molecule has 2 aliphatic heterocycles. The van der Waals surface area contributed by atoms with Gasteiger partial charge in [-0.05, 0) is 75.2 Å². The minimum absolute atomic E-state index is 0.204. The summed E-state index contributed by atoms with van der Waals surface area (Å²) in [4.78, 5) is 17.4. The molecule has 1 aromatic heterocycles. The molecule has 3 heterocycles. The zero-order valence-corrected chi connectivity index (χ0v) is 17.1. The molecule has 0 spiro atoms. The van der Waals surface area contributed by atoms with Crippen LogP contribution in [0.2, 0.25) is 0 Å². The summed E-state index contributed by atoms with van der Waals surface area (Å²) in [5.74, 6) is 0.998. The lowest BCUT2D eigenvalue weighted by atomic mass is 9.90. The van der Waals surface area contributed by atoms with Crippen LogP contribution in [0.25, 0.3) is 0 Å². The first-order valence-corrected chi connectivity index (χ1v) is 10.9. The summed E-state index contributed by atoms with van der Waals surface area (Å²) in [7, 11) is 2.05. The van der Waals surface area contributed by atoms with Crippen molar-refractivity contribution in [2.24, 2.45) is 13.0 Å². The minimum Gasteiger partial charge on any atom is -0.342 e. The Morgan fingerprint density at radius 1 is 0.929 bits per heavy atom. The highest BCUT2D eigenvalue weighted by molar-refractivity contribution is 5.93. The number of benzene rings is 1. The standard InChI is InChI=1S/C24H33N3O/c1-25-22(10-11-23(25)24(28)27-14-6-3-7-15-27)19-26-16-12-21(13-17-26)18-20-8-4-2-5-9-20/h2,4-5,8-11,21H,3,6-7,12-19H2,1H3. The predicted octanol–water partition coefficient (Wildman–Crippen LogP) is 4.11. The van der Waals surface area contributed by atoms with Crippen molar-refractivity contribution in [2.45, 2.75) is 45.1 Å². The molecule has 150 valence electrons. The fourth-order valence-electron chi connectivity index (χ4n) is 4.71. The smallest absolute Gasteiger partial charge is 0.270 e. The molecule has 1 aromatic carbocycles. The van der Waals surface area contributed by atoms with Crippen molar-refractivity contribution >= 4 is 5.91 Å². The Morgan fingerprint density at radius 3 is 2.36 bits per heavy atom. The van der Waals surface area contributed by atoms with Crippen LogP contribution in [0.15, 0.2) is 42.5 Å². The number of nitrogens with zero attached hydrogens (tertiary/aromatic N) is 3. The summed E-state index contributed by atoms with van der Waals surface area (Å²) in [6.45, 7) is 5.07. The largest absolute Gasteiger partial charge is 0.342 e. The number of rotatable bonds is 5. The van der Waals surface area contributed by atoms with E-state index in [1.165, 1.54) is 36.9 Å². The molecule has 0 saturated carbocycles. The van der Waals surface area contributed by atoms with Crippen LogP contribution in [0.1, 0.15) is 53.8 Å². The van der Waals surface area contributed by atoms with Crippen molar-refractivity contribution in [3.63, 3.8) is 0 Å². The zero-order chi connectivity index (χ0) is 19.3. The highest BCUT2D eigenvalue weighted by Crippen LogP contribution is 2.23. The van der Waals surface area contributed by atoms with E-state index in [-0.39, 0.29) is 5.91 Å². The highest BCUT2D eigenvalue weighted by atomic mass is 16.2. The summed E-state index contributed by atoms with van der Waals surface area (Å²) in [5, 5.41) is 0. The van der Waals surface area contributed by atoms with Crippen molar-refractivity contribution in [3.8, 4) is 0 Å². The van der Waals surface area contributed by atoms with Gasteiger partial charge < -0.3 is 9.47 Å². The number of likely N-dealkylation sites (tertiary alicyclic amines) is 2. The third kappa shape index (κ3) is 4.49. The van der Waals surface area contributed by atoms with Gasteiger partial charge in [-0.15, -0.1) is 0 Å². The molecule has 4 rings (SSSR count). The Labute approximate surface area is 169 Å². The topological polar surface area (TPSA) is 28.5 Å². The molecule has 2 aliphatic rings. The average Bonchev–Trinajstić information content (AvgIpc) is 3.10. The lowest BCUT2D eigenvalue weighted by molar-refractivity contribution is 0.0714. The van der Waals surface area contributed by atoms with Gasteiger partial charge in [0, 0.05) is 32.4 Å². The average molecular weight is 380 g/mol. The Bertz CT molecular complexity index is 768. The Morgan fingerprint density at radius 2 is 1.64 bits per heavy atom. The second-order valence-electron chi connectivity index (χ2n) is 8.53. The van der Waals surface area contributed by atoms with Crippen molar-refractivity contribution in [1.29, 1.82) is 0 Å². The van der Waals surface area contributed by atoms with E-state index in [0.717, 1.165) is 57.2 Å². The van der Waals surface area contributed by atoms with E-state index in [1.54, 1.807) is 0 Å². The fraction of sp³-hybridized carbons (Fsp3) is 0.542. The SMILES string of the molecule is Cn1c(CN2CCC(Cc3ccccc3)CC2)ccc1C(=O)N1CCCCC1. The molecular weight excluding hydrogens is 346 g/mol. The van der Waals surface area contributed by atoms with Gasteiger partial charge in [-0.1, -0.05) is 30.3 Å². The molecule has 2 saturated heterocycles. The summed E-state index contributed by atoms with van der Waals surface area (Å²) in [5.41, 5.74) is 3.56. The third-order valence-electron chi connectivity index (χ3n) is 6.55. The van der Waals surface area contributed by atoms with Gasteiger partial charge in [0.05, 0.1) is 0 Å². The van der Waals surface area contributed by atoms with Gasteiger partial charge >= 0.3 is 0 Å². The fourth-order valence-corrected chi connectivity index (χ4v) is 4.71. The van der Waals surface area contributed by atoms with Crippen LogP contribution in [-0.2, 0) is 20.0 Å². The molecule has 4 nitrogen and oxygen atoms in total. The third-order valence-corrected chi connectivity index (χ3v) is 6.55. The summed E-state index contributed by atoms with van der Waals surface area (Å²) in [6.07, 6.45) is 7.26. The van der Waals surface area contributed by atoms with Crippen molar-refractivity contribution in [2.75, 3.05) is 26.2 Å². The van der Waals surface area contributed by atoms with E-state index in [1.807, 2.05) is 11.0 Å². The predicted molar refractivity (Wildman–Crippen MR) is 113 cm³/mol. The maximum Gasteiger partial charge on any atom is 0.270 e. The van der Waals surface area contributed by atoms with E-state index in [2.05, 4.69) is 52.9 Å². The Balaban J connectivity index is 1.30. The molecule has 0 N–H and O–H groups in total. The number of aromatic nitrogens is 1. The number of piperidine rings is 2. The number of carbonyl (C=O) groups is 1. The van der Waals surface area contributed by atoms with Crippen LogP contribution in [0.3, 0.4) is 0 Å². The number of hydrogen-bond acceptors (Lipinski definition) is 2. The maximum absolute atomic E-state index is 12.8. The first-order valence-electron chi connectivity index (χ1n) is 10.9. The second kappa shape index (κ2) is 8.95. The Hall–Kier alpha value is -2.07. The quantitative estimate of drug-likeness (QED) is 0.782. The Kier molecular flexibility index (Phi) is 6.16. The molecular formula is C24H33N3O. The van der Waals surface area contributed by atoms with Crippen LogP contribution < -0.4 is 0 Å². The summed E-state index contributed by atoms with van der Waals surface area (Å²) < 4.78 is 2.12. The summed E-state index contributed by atoms with van der Waals surface area (Å²) in [6, 6.07) is 15.0. The van der Waals surface area contributed by atoms with Crippen LogP contribution in [-0.4, -0.2) is 46.5 Å². The highest BCUT2D eigenvalue weighted by Gasteiger charge is 2.23. The van der Waals surface area contributed by atoms with E-state index in [4.69, 9.17) is 0 Å². The van der Waals surface area contributed by atoms with Gasteiger partial charge in [0.25, 0.3) is 5.91 Å². The van der Waals surface area contributed by atoms with E-state index < -0.39 is 0 Å². The number of amides is 1. The summed E-state index contributed by atoms with van der Waals surface area (Å²) >= 11 is 0. The van der Waals surface area contributed by atoms with E-state index in [9.17, 15) is 4.79 Å². The molecule has 2 aromatic rings. The van der Waals surface area contributed by atoms with Crippen molar-refractivity contribution in [1.82, 2.24) is 14.4 Å². The van der Waals surface area contributed by atoms with Gasteiger partial charge in [-0.3, -0.25) is 9.69 Å². The number of carbonyl (C=O) groups excluding carboxylic acids is 1. The lowest BCUT2D eigenvalue weighted by Crippen LogP contribution is -2.37. The molecule has 0 unspecified atom stereocenters. The van der Waals surface area contributed by atoms with E-state index in [0.29, 0.717) is 0 Å². The normalized spacial score (nSPS) is 19.1. The molecule has 0 bridgehead atoms. The molecule has 0 atom stereocenters. The van der Waals surface area contributed by atoms with Crippen LogP contribution in [0, 0.1) is 5.92 Å². The van der Waals surface area contributed by atoms with Gasteiger partial charge in [0.2, 0.25) is 0 Å². The lowest BCUT2D eigenvalue weighted by Gasteiger charge is -2.32. The first-order chi connectivity index (χ1) is 13.7.